The third-order valence-electron chi connectivity index (χ3n) is 4.83. The van der Waals surface area contributed by atoms with Gasteiger partial charge in [0.15, 0.2) is 11.4 Å². The molecule has 2 atom stereocenters. The molecule has 1 N–H and O–H groups in total. The van der Waals surface area contributed by atoms with Crippen molar-refractivity contribution in [1.82, 2.24) is 0 Å². The number of ether oxygens (including phenoxy) is 2. The number of thioether (sulfide) groups is 1. The quantitative estimate of drug-likeness (QED) is 0.767. The minimum atomic E-state index is -0.598. The Morgan fingerprint density at radius 2 is 1.86 bits per heavy atom. The average molecular weight is 412 g/mol. The second-order valence-corrected chi connectivity index (χ2v) is 9.38. The summed E-state index contributed by atoms with van der Waals surface area (Å²) >= 11 is 1.59. The highest BCUT2D eigenvalue weighted by molar-refractivity contribution is 8.15. The van der Waals surface area contributed by atoms with E-state index < -0.39 is 22.7 Å². The number of carbonyl (C=O) groups is 1. The van der Waals surface area contributed by atoms with Crippen molar-refractivity contribution in [3.8, 4) is 0 Å². The fourth-order valence-electron chi connectivity index (χ4n) is 3.72. The molecule has 1 spiro atoms. The van der Waals surface area contributed by atoms with E-state index >= 15 is 0 Å². The normalized spacial score (nSPS) is 23.1. The number of para-hydroxylation sites is 2. The Hall–Kier alpha value is -2.51. The molecule has 29 heavy (non-hydrogen) atoms. The maximum atomic E-state index is 13.1. The predicted molar refractivity (Wildman–Crippen MR) is 118 cm³/mol. The molecule has 0 unspecified atom stereocenters. The molecule has 2 aromatic rings. The van der Waals surface area contributed by atoms with E-state index in [-0.39, 0.29) is 0 Å². The number of fused-ring (bicyclic) bond motifs is 2. The Labute approximate surface area is 175 Å². The molecule has 6 nitrogen and oxygen atoms in total. The molecule has 4 rings (SSSR count). The number of rotatable bonds is 2. The Morgan fingerprint density at radius 3 is 2.55 bits per heavy atom. The van der Waals surface area contributed by atoms with E-state index in [2.05, 4.69) is 5.32 Å². The largest absolute Gasteiger partial charge is 0.443 e. The first-order valence-electron chi connectivity index (χ1n) is 9.54. The van der Waals surface area contributed by atoms with Gasteiger partial charge in [0, 0.05) is 12.8 Å². The topological polar surface area (TPSA) is 63.2 Å². The number of amidine groups is 1. The maximum Gasteiger partial charge on any atom is 0.417 e. The van der Waals surface area contributed by atoms with Crippen LogP contribution >= 0.6 is 11.8 Å². The molecule has 1 amide bonds. The highest BCUT2D eigenvalue weighted by Gasteiger charge is 2.57. The molecule has 152 valence electrons. The molecule has 2 aliphatic heterocycles. The van der Waals surface area contributed by atoms with Crippen LogP contribution in [0.15, 0.2) is 59.6 Å². The van der Waals surface area contributed by atoms with Gasteiger partial charge < -0.3 is 14.8 Å². The summed E-state index contributed by atoms with van der Waals surface area (Å²) < 4.78 is 11.0. The summed E-state index contributed by atoms with van der Waals surface area (Å²) in [6.45, 7) is 6.08. The number of carbonyl (C=O) groups excluding carboxylic acids is 1. The summed E-state index contributed by atoms with van der Waals surface area (Å²) in [5.41, 5.74) is 2.20. The number of anilines is 2. The van der Waals surface area contributed by atoms with E-state index in [1.807, 2.05) is 75.4 Å². The molecular weight excluding hydrogens is 386 g/mol. The Balaban J connectivity index is 1.66. The summed E-state index contributed by atoms with van der Waals surface area (Å²) in [5.74, 6) is 0. The van der Waals surface area contributed by atoms with Crippen LogP contribution in [0.1, 0.15) is 26.3 Å². The second kappa shape index (κ2) is 7.39. The highest BCUT2D eigenvalue weighted by Crippen LogP contribution is 2.55. The molecule has 2 aromatic carbocycles. The first-order chi connectivity index (χ1) is 13.8. The first-order valence-corrected chi connectivity index (χ1v) is 10.4. The fourth-order valence-corrected chi connectivity index (χ4v) is 5.07. The standard InChI is InChI=1S/C22H25N3O3S/c1-21(2,3)28-20(26)25-17-13-9-8-12-16(17)22(18(25)27-4)14-23-19(29-22)24-15-10-6-5-7-11-15/h5-13,18H,14H2,1-4H3,(H,23,24)/t18-,22+/m1/s1. The van der Waals surface area contributed by atoms with Crippen LogP contribution in [0, 0.1) is 0 Å². The van der Waals surface area contributed by atoms with Crippen molar-refractivity contribution in [3.63, 3.8) is 0 Å². The number of hydrogen-bond donors (Lipinski definition) is 1. The summed E-state index contributed by atoms with van der Waals surface area (Å²) in [4.78, 5) is 19.4. The number of nitrogens with zero attached hydrogens (tertiary/aromatic N) is 2. The third-order valence-corrected chi connectivity index (χ3v) is 6.17. The van der Waals surface area contributed by atoms with Crippen molar-refractivity contribution in [2.75, 3.05) is 23.9 Å². The summed E-state index contributed by atoms with van der Waals surface area (Å²) in [6.07, 6.45) is -0.947. The monoisotopic (exact) mass is 411 g/mol. The summed E-state index contributed by atoms with van der Waals surface area (Å²) in [7, 11) is 1.62. The lowest BCUT2D eigenvalue weighted by Gasteiger charge is -2.33. The molecule has 0 radical (unpaired) electrons. The third kappa shape index (κ3) is 3.60. The maximum absolute atomic E-state index is 13.1. The molecule has 0 saturated heterocycles. The Kier molecular flexibility index (Phi) is 5.04. The van der Waals surface area contributed by atoms with E-state index in [1.165, 1.54) is 0 Å². The highest BCUT2D eigenvalue weighted by atomic mass is 32.2. The van der Waals surface area contributed by atoms with E-state index in [4.69, 9.17) is 14.5 Å². The minimum Gasteiger partial charge on any atom is -0.443 e. The van der Waals surface area contributed by atoms with Crippen molar-refractivity contribution >= 4 is 34.4 Å². The Morgan fingerprint density at radius 1 is 1.17 bits per heavy atom. The molecule has 0 aromatic heterocycles. The minimum absolute atomic E-state index is 0.418. The molecule has 0 bridgehead atoms. The van der Waals surface area contributed by atoms with Crippen LogP contribution < -0.4 is 10.2 Å². The second-order valence-electron chi connectivity index (χ2n) is 8.06. The van der Waals surface area contributed by atoms with Crippen molar-refractivity contribution in [2.45, 2.75) is 37.3 Å². The van der Waals surface area contributed by atoms with Gasteiger partial charge in [-0.3, -0.25) is 4.99 Å². The number of nitrogens with one attached hydrogen (secondary N) is 1. The molecule has 0 saturated carbocycles. The molecule has 0 fully saturated rings. The van der Waals surface area contributed by atoms with Crippen LogP contribution in [0.3, 0.4) is 0 Å². The van der Waals surface area contributed by atoms with Crippen molar-refractivity contribution in [3.05, 3.63) is 60.2 Å². The zero-order valence-electron chi connectivity index (χ0n) is 17.0. The van der Waals surface area contributed by atoms with E-state index in [9.17, 15) is 4.79 Å². The summed E-state index contributed by atoms with van der Waals surface area (Å²) in [6, 6.07) is 17.8. The molecule has 2 heterocycles. The summed E-state index contributed by atoms with van der Waals surface area (Å²) in [5, 5.41) is 4.18. The van der Waals surface area contributed by atoms with E-state index in [0.29, 0.717) is 6.54 Å². The van der Waals surface area contributed by atoms with Gasteiger partial charge in [-0.1, -0.05) is 48.2 Å². The lowest BCUT2D eigenvalue weighted by molar-refractivity contribution is 0.0337. The van der Waals surface area contributed by atoms with Crippen LogP contribution in [0.25, 0.3) is 0 Å². The van der Waals surface area contributed by atoms with Gasteiger partial charge in [0.2, 0.25) is 0 Å². The van der Waals surface area contributed by atoms with Gasteiger partial charge in [0.25, 0.3) is 0 Å². The number of hydrogen-bond acceptors (Lipinski definition) is 6. The van der Waals surface area contributed by atoms with Gasteiger partial charge in [-0.25, -0.2) is 9.69 Å². The number of benzene rings is 2. The Bertz CT molecular complexity index is 942. The number of methoxy groups -OCH3 is 1. The zero-order valence-corrected chi connectivity index (χ0v) is 17.8. The SMILES string of the molecule is CO[C@H]1N(C(=O)OC(C)(C)C)c2ccccc2[C@@]12CN=C(Nc1ccccc1)S2. The molecule has 7 heteroatoms. The number of amides is 1. The van der Waals surface area contributed by atoms with Crippen molar-refractivity contribution in [2.24, 2.45) is 4.99 Å². The van der Waals surface area contributed by atoms with Crippen molar-refractivity contribution < 1.29 is 14.3 Å². The lowest BCUT2D eigenvalue weighted by atomic mass is 9.99. The van der Waals surface area contributed by atoms with Gasteiger partial charge in [0.1, 0.15) is 10.3 Å². The first kappa shape index (κ1) is 19.8. The van der Waals surface area contributed by atoms with Gasteiger partial charge in [-0.15, -0.1) is 0 Å². The van der Waals surface area contributed by atoms with Crippen LogP contribution in [0.5, 0.6) is 0 Å². The number of aliphatic imine (C=N–C) groups is 1. The smallest absolute Gasteiger partial charge is 0.417 e. The molecule has 0 aliphatic carbocycles. The van der Waals surface area contributed by atoms with E-state index in [0.717, 1.165) is 22.1 Å². The van der Waals surface area contributed by atoms with Crippen LogP contribution in [-0.4, -0.2) is 36.7 Å². The predicted octanol–water partition coefficient (Wildman–Crippen LogP) is 4.82. The van der Waals surface area contributed by atoms with Crippen LogP contribution in [-0.2, 0) is 14.2 Å². The molecule has 2 aliphatic rings. The van der Waals surface area contributed by atoms with Gasteiger partial charge >= 0.3 is 6.09 Å². The van der Waals surface area contributed by atoms with Gasteiger partial charge in [0.05, 0.1) is 12.2 Å². The van der Waals surface area contributed by atoms with Gasteiger partial charge in [-0.05, 0) is 44.5 Å². The van der Waals surface area contributed by atoms with Crippen LogP contribution in [0.4, 0.5) is 16.2 Å². The van der Waals surface area contributed by atoms with Crippen molar-refractivity contribution in [1.29, 1.82) is 0 Å². The zero-order chi connectivity index (χ0) is 20.6. The molecular formula is C22H25N3O3S. The van der Waals surface area contributed by atoms with E-state index in [1.54, 1.807) is 23.8 Å². The fraction of sp³-hybridized carbons (Fsp3) is 0.364. The van der Waals surface area contributed by atoms with Gasteiger partial charge in [-0.2, -0.15) is 0 Å². The lowest BCUT2D eigenvalue weighted by Crippen LogP contribution is -2.49. The van der Waals surface area contributed by atoms with Crippen LogP contribution in [0.2, 0.25) is 0 Å². The average Bonchev–Trinajstić information content (AvgIpc) is 3.21.